The Kier molecular flexibility index (Phi) is 3.63. The first kappa shape index (κ1) is 15.9. The topological polar surface area (TPSA) is 37.4 Å². The smallest absolute Gasteiger partial charge is 0.238 e. The van der Waals surface area contributed by atoms with Crippen LogP contribution in [-0.2, 0) is 9.59 Å². The predicted molar refractivity (Wildman–Crippen MR) is 95.0 cm³/mol. The van der Waals surface area contributed by atoms with E-state index in [0.717, 1.165) is 6.42 Å². The van der Waals surface area contributed by atoms with Crippen LogP contribution >= 0.6 is 23.2 Å². The summed E-state index contributed by atoms with van der Waals surface area (Å²) in [6, 6.07) is 4.83. The standard InChI is InChI=1S/C19H17Cl2NO2/c1-3-9(2)15-13-4-5-14(15)17-16(13)18(23)22(19(17)24)12-7-10(20)6-11(21)8-12/h4-8,13-14,16-17H,3H2,1-2H3. The molecule has 2 amide bonds. The first-order valence-corrected chi connectivity index (χ1v) is 8.91. The zero-order chi connectivity index (χ0) is 17.2. The lowest BCUT2D eigenvalue weighted by Gasteiger charge is -2.20. The van der Waals surface area contributed by atoms with E-state index in [2.05, 4.69) is 26.0 Å². The van der Waals surface area contributed by atoms with Crippen molar-refractivity contribution in [1.82, 2.24) is 0 Å². The molecule has 1 saturated carbocycles. The van der Waals surface area contributed by atoms with Crippen LogP contribution in [0.4, 0.5) is 5.69 Å². The number of carbonyl (C=O) groups excluding carboxylic acids is 2. The van der Waals surface area contributed by atoms with Crippen molar-refractivity contribution in [3.8, 4) is 0 Å². The molecule has 4 atom stereocenters. The van der Waals surface area contributed by atoms with Crippen molar-refractivity contribution < 1.29 is 9.59 Å². The largest absolute Gasteiger partial charge is 0.274 e. The number of nitrogens with zero attached hydrogens (tertiary/aromatic N) is 1. The van der Waals surface area contributed by atoms with E-state index in [0.29, 0.717) is 15.7 Å². The van der Waals surface area contributed by atoms with Gasteiger partial charge in [-0.2, -0.15) is 0 Å². The number of amides is 2. The lowest BCUT2D eigenvalue weighted by Crippen LogP contribution is -2.33. The summed E-state index contributed by atoms with van der Waals surface area (Å²) < 4.78 is 0. The minimum Gasteiger partial charge on any atom is -0.274 e. The molecule has 3 nitrogen and oxygen atoms in total. The van der Waals surface area contributed by atoms with E-state index in [9.17, 15) is 9.59 Å². The summed E-state index contributed by atoms with van der Waals surface area (Å²) in [5.41, 5.74) is 3.04. The maximum absolute atomic E-state index is 13.0. The van der Waals surface area contributed by atoms with Crippen LogP contribution in [0.15, 0.2) is 41.5 Å². The fourth-order valence-corrected chi connectivity index (χ4v) is 4.97. The normalized spacial score (nSPS) is 30.5. The quantitative estimate of drug-likeness (QED) is 0.568. The number of anilines is 1. The van der Waals surface area contributed by atoms with Gasteiger partial charge in [-0.25, -0.2) is 4.90 Å². The van der Waals surface area contributed by atoms with Crippen molar-refractivity contribution in [2.75, 3.05) is 4.90 Å². The predicted octanol–water partition coefficient (Wildman–Crippen LogP) is 4.64. The highest BCUT2D eigenvalue weighted by molar-refractivity contribution is 6.35. The van der Waals surface area contributed by atoms with Gasteiger partial charge >= 0.3 is 0 Å². The highest BCUT2D eigenvalue weighted by Gasteiger charge is 2.62. The van der Waals surface area contributed by atoms with Gasteiger partial charge in [0.25, 0.3) is 0 Å². The summed E-state index contributed by atoms with van der Waals surface area (Å²) in [5, 5.41) is 0.831. The van der Waals surface area contributed by atoms with Crippen LogP contribution in [0.2, 0.25) is 10.0 Å². The van der Waals surface area contributed by atoms with Crippen LogP contribution in [0.3, 0.4) is 0 Å². The lowest BCUT2D eigenvalue weighted by atomic mass is 9.85. The second-order valence-electron chi connectivity index (χ2n) is 6.72. The molecule has 4 rings (SSSR count). The monoisotopic (exact) mass is 361 g/mol. The van der Waals surface area contributed by atoms with Crippen LogP contribution in [0.1, 0.15) is 20.3 Å². The lowest BCUT2D eigenvalue weighted by molar-refractivity contribution is -0.122. The maximum Gasteiger partial charge on any atom is 0.238 e. The third-order valence-electron chi connectivity index (χ3n) is 5.54. The Bertz CT molecular complexity index is 772. The van der Waals surface area contributed by atoms with Gasteiger partial charge < -0.3 is 0 Å². The Labute approximate surface area is 150 Å². The van der Waals surface area contributed by atoms with Crippen molar-refractivity contribution in [2.45, 2.75) is 20.3 Å². The summed E-state index contributed by atoms with van der Waals surface area (Å²) in [5.74, 6) is -0.751. The molecule has 0 spiro atoms. The minimum atomic E-state index is -0.290. The van der Waals surface area contributed by atoms with E-state index in [4.69, 9.17) is 23.2 Å². The van der Waals surface area contributed by atoms with Crippen molar-refractivity contribution in [1.29, 1.82) is 0 Å². The molecule has 2 fully saturated rings. The summed E-state index contributed by atoms with van der Waals surface area (Å²) in [6.07, 6.45) is 5.14. The second kappa shape index (κ2) is 5.47. The molecule has 124 valence electrons. The van der Waals surface area contributed by atoms with Crippen molar-refractivity contribution in [3.05, 3.63) is 51.5 Å². The summed E-state index contributed by atoms with van der Waals surface area (Å²) in [7, 11) is 0. The molecular weight excluding hydrogens is 345 g/mol. The summed E-state index contributed by atoms with van der Waals surface area (Å²) >= 11 is 12.1. The maximum atomic E-state index is 13.0. The molecule has 3 aliphatic rings. The summed E-state index contributed by atoms with van der Waals surface area (Å²) in [4.78, 5) is 27.3. The molecule has 0 aromatic heterocycles. The highest BCUT2D eigenvalue weighted by atomic mass is 35.5. The Morgan fingerprint density at radius 1 is 1.00 bits per heavy atom. The molecule has 1 aliphatic heterocycles. The van der Waals surface area contributed by atoms with Crippen LogP contribution in [0.25, 0.3) is 0 Å². The molecule has 4 unspecified atom stereocenters. The SMILES string of the molecule is CCC(C)=C1C2C=CC1C1C(=O)N(c3cc(Cl)cc(Cl)c3)C(=O)C21. The highest BCUT2D eigenvalue weighted by Crippen LogP contribution is 2.57. The van der Waals surface area contributed by atoms with E-state index >= 15 is 0 Å². The summed E-state index contributed by atoms with van der Waals surface area (Å²) in [6.45, 7) is 4.21. The van der Waals surface area contributed by atoms with Crippen LogP contribution < -0.4 is 4.90 Å². The van der Waals surface area contributed by atoms with Gasteiger partial charge in [0, 0.05) is 21.9 Å². The number of carbonyl (C=O) groups is 2. The molecule has 0 radical (unpaired) electrons. The Hall–Kier alpha value is -1.58. The van der Waals surface area contributed by atoms with E-state index in [1.807, 2.05) is 0 Å². The third-order valence-corrected chi connectivity index (χ3v) is 5.98. The van der Waals surface area contributed by atoms with Crippen LogP contribution in [0.5, 0.6) is 0 Å². The number of rotatable bonds is 2. The van der Waals surface area contributed by atoms with Gasteiger partial charge in [-0.1, -0.05) is 53.4 Å². The fourth-order valence-electron chi connectivity index (χ4n) is 4.46. The minimum absolute atomic E-state index is 0.0519. The molecule has 2 aliphatic carbocycles. The molecule has 1 saturated heterocycles. The average Bonchev–Trinajstić information content (AvgIpc) is 3.15. The van der Waals surface area contributed by atoms with Gasteiger partial charge in [-0.15, -0.1) is 0 Å². The van der Waals surface area contributed by atoms with Crippen molar-refractivity contribution in [3.63, 3.8) is 0 Å². The van der Waals surface area contributed by atoms with Gasteiger partial charge in [0.05, 0.1) is 17.5 Å². The molecule has 0 N–H and O–H groups in total. The Balaban J connectivity index is 1.77. The molecule has 1 aromatic carbocycles. The third kappa shape index (κ3) is 2.04. The second-order valence-corrected chi connectivity index (χ2v) is 7.59. The van der Waals surface area contributed by atoms with Gasteiger partial charge in [-0.05, 0) is 31.5 Å². The number of hydrogen-bond donors (Lipinski definition) is 0. The number of halogens is 2. The number of fused-ring (bicyclic) bond motifs is 5. The van der Waals surface area contributed by atoms with Crippen LogP contribution in [0, 0.1) is 23.7 Å². The fraction of sp³-hybridized carbons (Fsp3) is 0.368. The van der Waals surface area contributed by atoms with E-state index < -0.39 is 0 Å². The first-order chi connectivity index (χ1) is 11.4. The number of allylic oxidation sites excluding steroid dienone is 4. The van der Waals surface area contributed by atoms with E-state index in [-0.39, 0.29) is 35.5 Å². The number of imide groups is 1. The Morgan fingerprint density at radius 2 is 1.50 bits per heavy atom. The molecule has 24 heavy (non-hydrogen) atoms. The van der Waals surface area contributed by atoms with E-state index in [1.54, 1.807) is 18.2 Å². The van der Waals surface area contributed by atoms with E-state index in [1.165, 1.54) is 16.0 Å². The van der Waals surface area contributed by atoms with Gasteiger partial charge in [0.1, 0.15) is 0 Å². The average molecular weight is 362 g/mol. The van der Waals surface area contributed by atoms with Gasteiger partial charge in [0.15, 0.2) is 0 Å². The zero-order valence-corrected chi connectivity index (χ0v) is 14.9. The molecule has 1 heterocycles. The van der Waals surface area contributed by atoms with Gasteiger partial charge in [0.2, 0.25) is 11.8 Å². The van der Waals surface area contributed by atoms with Crippen molar-refractivity contribution in [2.24, 2.45) is 23.7 Å². The Morgan fingerprint density at radius 3 is 1.96 bits per heavy atom. The first-order valence-electron chi connectivity index (χ1n) is 8.15. The van der Waals surface area contributed by atoms with Crippen LogP contribution in [-0.4, -0.2) is 11.8 Å². The molecule has 5 heteroatoms. The number of hydrogen-bond acceptors (Lipinski definition) is 2. The molecular formula is C19H17Cl2NO2. The van der Waals surface area contributed by atoms with Crippen molar-refractivity contribution >= 4 is 40.7 Å². The number of benzene rings is 1. The molecule has 2 bridgehead atoms. The molecule has 1 aromatic rings. The zero-order valence-electron chi connectivity index (χ0n) is 13.4. The van der Waals surface area contributed by atoms with Gasteiger partial charge in [-0.3, -0.25) is 9.59 Å².